The van der Waals surface area contributed by atoms with Gasteiger partial charge in [0.15, 0.2) is 0 Å². The number of azide groups is 1. The second-order valence-corrected chi connectivity index (χ2v) is 6.90. The molecule has 5 heteroatoms. The van der Waals surface area contributed by atoms with E-state index in [-0.39, 0.29) is 11.0 Å². The number of rotatable bonds is 1. The van der Waals surface area contributed by atoms with Crippen LogP contribution in [-0.4, -0.2) is 19.2 Å². The maximum atomic E-state index is 7.89. The zero-order valence-electron chi connectivity index (χ0n) is 5.34. The van der Waals surface area contributed by atoms with Crippen LogP contribution >= 0.6 is 0 Å². The van der Waals surface area contributed by atoms with Crippen molar-refractivity contribution in [1.29, 1.82) is 0 Å². The van der Waals surface area contributed by atoms with Crippen molar-refractivity contribution in [1.82, 2.24) is 0 Å². The van der Waals surface area contributed by atoms with Crippen molar-refractivity contribution in [2.75, 3.05) is 0 Å². The molecule has 4 radical (unpaired) electrons. The Kier molecular flexibility index (Phi) is 4.95. The predicted octanol–water partition coefficient (Wildman–Crippen LogP) is 1.75. The van der Waals surface area contributed by atoms with Gasteiger partial charge in [-0.2, -0.15) is 0 Å². The van der Waals surface area contributed by atoms with Crippen molar-refractivity contribution in [3.63, 3.8) is 0 Å². The first kappa shape index (κ1) is 10.7. The minimum Gasteiger partial charge on any atom is -0.125 e. The molecule has 0 aliphatic rings. The lowest BCUT2D eigenvalue weighted by atomic mass is 11.8. The highest BCUT2D eigenvalue weighted by molar-refractivity contribution is 6.74. The SMILES string of the molecule is C[Si](C)(C)N=[N+]=[N-].[Si]. The minimum atomic E-state index is -1.45. The van der Waals surface area contributed by atoms with Gasteiger partial charge in [0.1, 0.15) is 8.24 Å². The Morgan fingerprint density at radius 1 is 1.38 bits per heavy atom. The molecule has 0 N–H and O–H groups in total. The van der Waals surface area contributed by atoms with Crippen LogP contribution in [0.1, 0.15) is 0 Å². The molecule has 0 saturated carbocycles. The summed E-state index contributed by atoms with van der Waals surface area (Å²) in [6, 6.07) is 0. The Labute approximate surface area is 54.8 Å². The van der Waals surface area contributed by atoms with E-state index in [1.54, 1.807) is 0 Å². The van der Waals surface area contributed by atoms with E-state index in [4.69, 9.17) is 5.53 Å². The first-order valence-corrected chi connectivity index (χ1v) is 5.57. The van der Waals surface area contributed by atoms with Gasteiger partial charge in [0.2, 0.25) is 0 Å². The predicted molar refractivity (Wildman–Crippen MR) is 38.2 cm³/mol. The molecule has 0 aliphatic heterocycles. The summed E-state index contributed by atoms with van der Waals surface area (Å²) in [5, 5.41) is 0. The van der Waals surface area contributed by atoms with Gasteiger partial charge >= 0.3 is 0 Å². The molecule has 8 heavy (non-hydrogen) atoms. The zero-order valence-corrected chi connectivity index (χ0v) is 7.34. The average Bonchev–Trinajstić information content (AvgIpc) is 1.30. The van der Waals surface area contributed by atoms with Gasteiger partial charge in [-0.05, 0) is 10.4 Å². The first-order valence-electron chi connectivity index (χ1n) is 2.12. The van der Waals surface area contributed by atoms with E-state index < -0.39 is 8.24 Å². The molecule has 0 bridgehead atoms. The molecule has 0 rings (SSSR count). The Bertz CT molecular complexity index is 99.6. The Morgan fingerprint density at radius 2 is 1.75 bits per heavy atom. The van der Waals surface area contributed by atoms with Gasteiger partial charge in [-0.15, -0.1) is 4.78 Å². The third kappa shape index (κ3) is 9.22. The van der Waals surface area contributed by atoms with Crippen LogP contribution in [0.15, 0.2) is 4.78 Å². The van der Waals surface area contributed by atoms with E-state index >= 15 is 0 Å². The van der Waals surface area contributed by atoms with Gasteiger partial charge in [-0.3, -0.25) is 0 Å². The lowest BCUT2D eigenvalue weighted by molar-refractivity contribution is 1.52. The van der Waals surface area contributed by atoms with Crippen molar-refractivity contribution in [3.05, 3.63) is 10.4 Å². The van der Waals surface area contributed by atoms with E-state index in [1.807, 2.05) is 19.6 Å². The summed E-state index contributed by atoms with van der Waals surface area (Å²) in [7, 11) is -1.45. The fourth-order valence-electron chi connectivity index (χ4n) is 0.134. The van der Waals surface area contributed by atoms with Gasteiger partial charge in [0, 0.05) is 11.0 Å². The Hall–Kier alpha value is -0.256. The maximum Gasteiger partial charge on any atom is 0.146 e. The molecule has 0 heterocycles. The van der Waals surface area contributed by atoms with Crippen LogP contribution in [0.2, 0.25) is 19.6 Å². The molecule has 0 aromatic heterocycles. The summed E-state index contributed by atoms with van der Waals surface area (Å²) in [4.78, 5) is 2.69. The fraction of sp³-hybridized carbons (Fsp3) is 1.00. The molecule has 0 aromatic carbocycles. The molecule has 0 atom stereocenters. The van der Waals surface area contributed by atoms with Crippen LogP contribution in [-0.2, 0) is 0 Å². The fourth-order valence-corrected chi connectivity index (χ4v) is 0.402. The summed E-state index contributed by atoms with van der Waals surface area (Å²) in [6.45, 7) is 5.98. The standard InChI is InChI=1S/C3H9N3Si.Si/c1-7(2,3)6-5-4;/h1-3H3;. The Morgan fingerprint density at radius 3 is 1.75 bits per heavy atom. The Balaban J connectivity index is 0. The van der Waals surface area contributed by atoms with Crippen molar-refractivity contribution >= 4 is 19.2 Å². The molecular weight excluding hydrogens is 134 g/mol. The second kappa shape index (κ2) is 3.71. The van der Waals surface area contributed by atoms with Crippen LogP contribution in [0.4, 0.5) is 0 Å². The van der Waals surface area contributed by atoms with Crippen LogP contribution in [0, 0.1) is 0 Å². The van der Waals surface area contributed by atoms with Gasteiger partial charge < -0.3 is 0 Å². The largest absolute Gasteiger partial charge is 0.146 e. The minimum absolute atomic E-state index is 0. The van der Waals surface area contributed by atoms with Gasteiger partial charge in [0.05, 0.1) is 0 Å². The molecule has 0 saturated heterocycles. The average molecular weight is 143 g/mol. The molecule has 0 amide bonds. The monoisotopic (exact) mass is 143 g/mol. The summed E-state index contributed by atoms with van der Waals surface area (Å²) < 4.78 is 3.58. The van der Waals surface area contributed by atoms with Crippen molar-refractivity contribution in [2.45, 2.75) is 19.6 Å². The van der Waals surface area contributed by atoms with E-state index in [9.17, 15) is 0 Å². The highest BCUT2D eigenvalue weighted by Gasteiger charge is 2.07. The summed E-state index contributed by atoms with van der Waals surface area (Å²) >= 11 is 0. The topological polar surface area (TPSA) is 48.8 Å². The molecule has 0 spiro atoms. The first-order chi connectivity index (χ1) is 3.06. The highest BCUT2D eigenvalue weighted by atomic mass is 28.3. The van der Waals surface area contributed by atoms with Crippen molar-refractivity contribution < 1.29 is 0 Å². The normalized spacial score (nSPS) is 8.88. The third-order valence-electron chi connectivity index (χ3n) is 0.345. The van der Waals surface area contributed by atoms with E-state index in [0.717, 1.165) is 0 Å². The van der Waals surface area contributed by atoms with E-state index in [1.165, 1.54) is 0 Å². The zero-order chi connectivity index (χ0) is 5.91. The summed E-state index contributed by atoms with van der Waals surface area (Å²) in [6.07, 6.45) is 0. The smallest absolute Gasteiger partial charge is 0.125 e. The lowest BCUT2D eigenvalue weighted by Crippen LogP contribution is -2.13. The summed E-state index contributed by atoms with van der Waals surface area (Å²) in [5.74, 6) is 0. The van der Waals surface area contributed by atoms with Crippen LogP contribution in [0.25, 0.3) is 10.4 Å². The second-order valence-electron chi connectivity index (χ2n) is 2.36. The number of hydrogen-bond donors (Lipinski definition) is 0. The highest BCUT2D eigenvalue weighted by Crippen LogP contribution is 2.00. The van der Waals surface area contributed by atoms with Gasteiger partial charge in [-0.1, -0.05) is 19.6 Å². The molecule has 0 fully saturated rings. The number of nitrogens with zero attached hydrogens (tertiary/aromatic N) is 3. The molecule has 0 aromatic rings. The maximum absolute atomic E-state index is 7.89. The van der Waals surface area contributed by atoms with Crippen molar-refractivity contribution in [3.8, 4) is 0 Å². The van der Waals surface area contributed by atoms with Gasteiger partial charge in [0.25, 0.3) is 0 Å². The molecule has 3 nitrogen and oxygen atoms in total. The quantitative estimate of drug-likeness (QED) is 0.232. The van der Waals surface area contributed by atoms with Crippen LogP contribution in [0.3, 0.4) is 0 Å². The molecular formula is C3H9N3Si2. The van der Waals surface area contributed by atoms with E-state index in [0.29, 0.717) is 0 Å². The lowest BCUT2D eigenvalue weighted by Gasteiger charge is -2.01. The van der Waals surface area contributed by atoms with Crippen molar-refractivity contribution in [2.24, 2.45) is 4.78 Å². The van der Waals surface area contributed by atoms with Gasteiger partial charge in [-0.25, -0.2) is 0 Å². The molecule has 0 aliphatic carbocycles. The van der Waals surface area contributed by atoms with Crippen LogP contribution in [0.5, 0.6) is 0 Å². The number of hydrogen-bond acceptors (Lipinski definition) is 1. The third-order valence-corrected chi connectivity index (χ3v) is 1.03. The van der Waals surface area contributed by atoms with Crippen LogP contribution < -0.4 is 0 Å². The molecule has 0 unspecified atom stereocenters. The molecule has 44 valence electrons. The summed E-state index contributed by atoms with van der Waals surface area (Å²) in [5.41, 5.74) is 7.89. The van der Waals surface area contributed by atoms with E-state index in [2.05, 4.69) is 9.69 Å².